The van der Waals surface area contributed by atoms with Gasteiger partial charge in [-0.15, -0.1) is 24.5 Å². The summed E-state index contributed by atoms with van der Waals surface area (Å²) in [6.07, 6.45) is -3.82. The number of benzene rings is 1. The normalized spacial score (nSPS) is 16.7. The van der Waals surface area contributed by atoms with Crippen LogP contribution in [-0.2, 0) is 4.79 Å². The van der Waals surface area contributed by atoms with Gasteiger partial charge in [0.25, 0.3) is 0 Å². The average Bonchev–Trinajstić information content (AvgIpc) is 3.28. The van der Waals surface area contributed by atoms with Crippen molar-refractivity contribution in [2.45, 2.75) is 29.6 Å². The minimum Gasteiger partial charge on any atom is -0.476 e. The molecule has 1 aromatic carbocycles. The number of hydrogen-bond donors (Lipinski definition) is 2. The van der Waals surface area contributed by atoms with Gasteiger partial charge in [-0.3, -0.25) is 4.79 Å². The van der Waals surface area contributed by atoms with Gasteiger partial charge in [0.1, 0.15) is 0 Å². The molecule has 0 saturated carbocycles. The molecule has 1 amide bonds. The van der Waals surface area contributed by atoms with Crippen molar-refractivity contribution in [3.05, 3.63) is 35.3 Å². The first-order valence-corrected chi connectivity index (χ1v) is 10.8. The molecular formula is C18H18F3N3O4S2. The van der Waals surface area contributed by atoms with E-state index >= 15 is 0 Å². The molecule has 1 aromatic heterocycles. The molecule has 1 aliphatic rings. The number of nitrogens with zero attached hydrogens (tertiary/aromatic N) is 2. The van der Waals surface area contributed by atoms with Crippen molar-refractivity contribution in [3.63, 3.8) is 0 Å². The number of alkyl halides is 3. The number of nitrogens with one attached hydrogen (secondary N) is 1. The predicted molar refractivity (Wildman–Crippen MR) is 106 cm³/mol. The molecule has 0 spiro atoms. The quantitative estimate of drug-likeness (QED) is 0.547. The van der Waals surface area contributed by atoms with E-state index in [0.717, 1.165) is 0 Å². The lowest BCUT2D eigenvalue weighted by molar-refractivity contribution is -0.274. The van der Waals surface area contributed by atoms with Crippen LogP contribution in [0.2, 0.25) is 0 Å². The molecule has 1 saturated heterocycles. The number of para-hydroxylation sites is 2. The second-order valence-corrected chi connectivity index (χ2v) is 8.56. The molecule has 2 heterocycles. The number of thioether (sulfide) groups is 1. The van der Waals surface area contributed by atoms with E-state index in [4.69, 9.17) is 5.11 Å². The number of hydrogen-bond acceptors (Lipinski definition) is 7. The second-order valence-electron chi connectivity index (χ2n) is 6.36. The van der Waals surface area contributed by atoms with Crippen molar-refractivity contribution < 1.29 is 32.6 Å². The maximum absolute atomic E-state index is 12.6. The summed E-state index contributed by atoms with van der Waals surface area (Å²) in [5.41, 5.74) is 0.189. The maximum atomic E-state index is 12.6. The van der Waals surface area contributed by atoms with E-state index in [0.29, 0.717) is 29.5 Å². The summed E-state index contributed by atoms with van der Waals surface area (Å²) in [6.45, 7) is 0.716. The molecule has 12 heteroatoms. The highest BCUT2D eigenvalue weighted by Crippen LogP contribution is 2.31. The summed E-state index contributed by atoms with van der Waals surface area (Å²) in [5, 5.41) is 13.3. The van der Waals surface area contributed by atoms with Crippen molar-refractivity contribution >= 4 is 40.7 Å². The lowest BCUT2D eigenvalue weighted by atomic mass is 10.2. The number of thiazole rings is 1. The zero-order valence-corrected chi connectivity index (χ0v) is 17.1. The summed E-state index contributed by atoms with van der Waals surface area (Å²) in [4.78, 5) is 28.8. The van der Waals surface area contributed by atoms with Crippen LogP contribution in [-0.4, -0.2) is 58.1 Å². The number of amides is 1. The molecule has 3 rings (SSSR count). The van der Waals surface area contributed by atoms with E-state index in [9.17, 15) is 22.8 Å². The Balaban J connectivity index is 1.54. The van der Waals surface area contributed by atoms with Crippen LogP contribution in [0.25, 0.3) is 0 Å². The van der Waals surface area contributed by atoms with Crippen LogP contribution in [0.15, 0.2) is 34.0 Å². The van der Waals surface area contributed by atoms with Crippen LogP contribution in [0.5, 0.6) is 5.75 Å². The number of halogens is 3. The number of carboxylic acid groups (broad SMARTS) is 1. The minimum absolute atomic E-state index is 0.0124. The van der Waals surface area contributed by atoms with Crippen LogP contribution in [0.1, 0.15) is 23.3 Å². The summed E-state index contributed by atoms with van der Waals surface area (Å²) in [5.74, 6) is -0.904. The predicted octanol–water partition coefficient (Wildman–Crippen LogP) is 3.94. The number of anilines is 1. The first-order chi connectivity index (χ1) is 14.2. The Labute approximate surface area is 178 Å². The maximum Gasteiger partial charge on any atom is 0.573 e. The standard InChI is InChI=1S/C18H18F3N3O4S2/c19-18(20,21)28-14-4-2-1-3-12(14)22-9-11-5-6-15(25)24(11)7-8-29-17-23-13(10-30-17)16(26)27/h1-4,10-11,22H,5-9H2,(H,26,27). The highest BCUT2D eigenvalue weighted by atomic mass is 32.2. The van der Waals surface area contributed by atoms with Gasteiger partial charge < -0.3 is 20.1 Å². The minimum atomic E-state index is -4.79. The van der Waals surface area contributed by atoms with Crippen molar-refractivity contribution in [3.8, 4) is 5.75 Å². The van der Waals surface area contributed by atoms with Crippen LogP contribution in [0.3, 0.4) is 0 Å². The third-order valence-corrected chi connectivity index (χ3v) is 6.35. The zero-order chi connectivity index (χ0) is 21.7. The first kappa shape index (κ1) is 22.2. The highest BCUT2D eigenvalue weighted by molar-refractivity contribution is 8.01. The first-order valence-electron chi connectivity index (χ1n) is 8.92. The molecule has 2 aromatic rings. The van der Waals surface area contributed by atoms with Crippen LogP contribution in [0.4, 0.5) is 18.9 Å². The zero-order valence-electron chi connectivity index (χ0n) is 15.5. The van der Waals surface area contributed by atoms with Crippen LogP contribution in [0, 0.1) is 0 Å². The molecule has 1 atom stereocenters. The fraction of sp³-hybridized carbons (Fsp3) is 0.389. The molecule has 1 aliphatic heterocycles. The number of rotatable bonds is 9. The van der Waals surface area contributed by atoms with Crippen molar-refractivity contribution in [1.82, 2.24) is 9.88 Å². The van der Waals surface area contributed by atoms with Gasteiger partial charge in [-0.05, 0) is 18.6 Å². The van der Waals surface area contributed by atoms with Gasteiger partial charge in [0.2, 0.25) is 5.91 Å². The highest BCUT2D eigenvalue weighted by Gasteiger charge is 2.33. The Morgan fingerprint density at radius 1 is 1.40 bits per heavy atom. The molecule has 1 unspecified atom stereocenters. The number of aromatic nitrogens is 1. The number of likely N-dealkylation sites (tertiary alicyclic amines) is 1. The molecule has 0 aliphatic carbocycles. The Hall–Kier alpha value is -2.47. The van der Waals surface area contributed by atoms with Crippen LogP contribution >= 0.6 is 23.1 Å². The average molecular weight is 461 g/mol. The molecule has 7 nitrogen and oxygen atoms in total. The largest absolute Gasteiger partial charge is 0.573 e. The van der Waals surface area contributed by atoms with Gasteiger partial charge in [0.15, 0.2) is 15.8 Å². The summed E-state index contributed by atoms with van der Waals surface area (Å²) in [6, 6.07) is 5.59. The third-order valence-electron chi connectivity index (χ3n) is 4.35. The smallest absolute Gasteiger partial charge is 0.476 e. The molecule has 30 heavy (non-hydrogen) atoms. The van der Waals surface area contributed by atoms with Crippen molar-refractivity contribution in [2.24, 2.45) is 0 Å². The van der Waals surface area contributed by atoms with E-state index in [1.807, 2.05) is 0 Å². The monoisotopic (exact) mass is 461 g/mol. The van der Waals surface area contributed by atoms with Gasteiger partial charge in [0, 0.05) is 36.7 Å². The summed E-state index contributed by atoms with van der Waals surface area (Å²) < 4.78 is 42.3. The number of aromatic carboxylic acids is 1. The van der Waals surface area contributed by atoms with E-state index < -0.39 is 12.3 Å². The van der Waals surface area contributed by atoms with E-state index in [-0.39, 0.29) is 35.6 Å². The lowest BCUT2D eigenvalue weighted by Crippen LogP contribution is -2.39. The Morgan fingerprint density at radius 3 is 2.87 bits per heavy atom. The fourth-order valence-electron chi connectivity index (χ4n) is 3.02. The Bertz CT molecular complexity index is 907. The number of carboxylic acids is 1. The van der Waals surface area contributed by atoms with Gasteiger partial charge in [-0.1, -0.05) is 23.9 Å². The lowest BCUT2D eigenvalue weighted by Gasteiger charge is -2.25. The topological polar surface area (TPSA) is 91.8 Å². The molecule has 1 fully saturated rings. The molecule has 162 valence electrons. The van der Waals surface area contributed by atoms with Gasteiger partial charge in [-0.2, -0.15) is 0 Å². The van der Waals surface area contributed by atoms with Crippen molar-refractivity contribution in [1.29, 1.82) is 0 Å². The Morgan fingerprint density at radius 2 is 2.17 bits per heavy atom. The number of ether oxygens (including phenoxy) is 1. The van der Waals surface area contributed by atoms with Gasteiger partial charge in [0.05, 0.1) is 5.69 Å². The van der Waals surface area contributed by atoms with E-state index in [1.54, 1.807) is 11.0 Å². The van der Waals surface area contributed by atoms with Gasteiger partial charge >= 0.3 is 12.3 Å². The summed E-state index contributed by atoms with van der Waals surface area (Å²) >= 11 is 2.58. The van der Waals surface area contributed by atoms with Crippen LogP contribution < -0.4 is 10.1 Å². The number of carbonyl (C=O) groups excluding carboxylic acids is 1. The molecule has 2 N–H and O–H groups in total. The van der Waals surface area contributed by atoms with E-state index in [2.05, 4.69) is 15.0 Å². The molecule has 0 bridgehead atoms. The second kappa shape index (κ2) is 9.56. The SMILES string of the molecule is O=C(O)c1csc(SCCN2C(=O)CCC2CNc2ccccc2OC(F)(F)F)n1. The Kier molecular flexibility index (Phi) is 7.08. The number of carbonyl (C=O) groups is 2. The van der Waals surface area contributed by atoms with Gasteiger partial charge in [-0.25, -0.2) is 9.78 Å². The van der Waals surface area contributed by atoms with E-state index in [1.165, 1.54) is 46.7 Å². The molecule has 0 radical (unpaired) electrons. The molecular weight excluding hydrogens is 443 g/mol. The fourth-order valence-corrected chi connectivity index (χ4v) is 4.83. The summed E-state index contributed by atoms with van der Waals surface area (Å²) in [7, 11) is 0. The van der Waals surface area contributed by atoms with Crippen molar-refractivity contribution in [2.75, 3.05) is 24.2 Å². The third kappa shape index (κ3) is 6.02.